The average molecular weight is 423 g/mol. The molecule has 0 aliphatic heterocycles. The number of carbonyl (C=O) groups excluding carboxylic acids is 2. The highest BCUT2D eigenvalue weighted by atomic mass is 32.1. The van der Waals surface area contributed by atoms with Crippen LogP contribution in [0.1, 0.15) is 30.9 Å². The van der Waals surface area contributed by atoms with E-state index in [0.29, 0.717) is 5.13 Å². The molecule has 0 bridgehead atoms. The maximum absolute atomic E-state index is 12.5. The van der Waals surface area contributed by atoms with Crippen molar-refractivity contribution < 1.29 is 14.3 Å². The molecule has 1 atom stereocenters. The van der Waals surface area contributed by atoms with Gasteiger partial charge in [0.05, 0.1) is 0 Å². The molecule has 0 spiro atoms. The molecule has 4 rings (SSSR count). The van der Waals surface area contributed by atoms with E-state index >= 15 is 0 Å². The number of benzene rings is 2. The smallest absolute Gasteiger partial charge is 0.407 e. The SMILES string of the molecule is CC(C)[C@H](NC(=O)OCC1c2ccccc2-c2ccccc21)C(=O)Nc1nncs1. The molecule has 2 amide bonds. The molecule has 7 nitrogen and oxygen atoms in total. The largest absolute Gasteiger partial charge is 0.449 e. The van der Waals surface area contributed by atoms with Crippen molar-refractivity contribution in [3.05, 3.63) is 65.2 Å². The second kappa shape index (κ2) is 8.62. The lowest BCUT2D eigenvalue weighted by molar-refractivity contribution is -0.119. The Kier molecular flexibility index (Phi) is 5.76. The van der Waals surface area contributed by atoms with E-state index in [1.807, 2.05) is 38.1 Å². The van der Waals surface area contributed by atoms with Crippen LogP contribution in [0.3, 0.4) is 0 Å². The Balaban J connectivity index is 1.42. The highest BCUT2D eigenvalue weighted by molar-refractivity contribution is 7.13. The van der Waals surface area contributed by atoms with E-state index in [9.17, 15) is 9.59 Å². The maximum atomic E-state index is 12.5. The normalized spacial score (nSPS) is 13.4. The summed E-state index contributed by atoms with van der Waals surface area (Å²) in [7, 11) is 0. The summed E-state index contributed by atoms with van der Waals surface area (Å²) >= 11 is 1.22. The van der Waals surface area contributed by atoms with Gasteiger partial charge in [0.25, 0.3) is 0 Å². The number of amides is 2. The molecule has 0 radical (unpaired) electrons. The van der Waals surface area contributed by atoms with Gasteiger partial charge in [-0.05, 0) is 28.2 Å². The van der Waals surface area contributed by atoms with Gasteiger partial charge in [0.2, 0.25) is 11.0 Å². The minimum atomic E-state index is -0.746. The first-order valence-corrected chi connectivity index (χ1v) is 10.6. The lowest BCUT2D eigenvalue weighted by Gasteiger charge is -2.21. The number of hydrogen-bond acceptors (Lipinski definition) is 6. The van der Waals surface area contributed by atoms with Crippen molar-refractivity contribution in [2.75, 3.05) is 11.9 Å². The second-order valence-corrected chi connectivity index (χ2v) is 8.26. The molecule has 0 fully saturated rings. The third kappa shape index (κ3) is 4.04. The Hall–Kier alpha value is -3.26. The van der Waals surface area contributed by atoms with Crippen LogP contribution in [0, 0.1) is 5.92 Å². The van der Waals surface area contributed by atoms with Crippen LogP contribution in [-0.4, -0.2) is 34.8 Å². The van der Waals surface area contributed by atoms with E-state index in [0.717, 1.165) is 11.1 Å². The van der Waals surface area contributed by atoms with Gasteiger partial charge in [0.15, 0.2) is 0 Å². The molecule has 3 aromatic rings. The van der Waals surface area contributed by atoms with Gasteiger partial charge >= 0.3 is 6.09 Å². The van der Waals surface area contributed by atoms with Crippen LogP contribution >= 0.6 is 11.3 Å². The monoisotopic (exact) mass is 422 g/mol. The molecule has 30 heavy (non-hydrogen) atoms. The number of aromatic nitrogens is 2. The Bertz CT molecular complexity index is 1010. The van der Waals surface area contributed by atoms with Gasteiger partial charge in [0.1, 0.15) is 18.2 Å². The second-order valence-electron chi connectivity index (χ2n) is 7.42. The summed E-state index contributed by atoms with van der Waals surface area (Å²) in [5, 5.41) is 13.2. The molecule has 154 valence electrons. The number of anilines is 1. The molecule has 0 saturated carbocycles. The minimum absolute atomic E-state index is 0.0316. The first-order valence-electron chi connectivity index (χ1n) is 9.73. The van der Waals surface area contributed by atoms with E-state index in [2.05, 4.69) is 45.1 Å². The predicted molar refractivity (Wildman–Crippen MR) is 115 cm³/mol. The summed E-state index contributed by atoms with van der Waals surface area (Å²) in [6.07, 6.45) is -0.622. The zero-order valence-corrected chi connectivity index (χ0v) is 17.5. The molecule has 1 aliphatic rings. The zero-order valence-electron chi connectivity index (χ0n) is 16.7. The Labute approximate surface area is 178 Å². The van der Waals surface area contributed by atoms with Gasteiger partial charge in [-0.1, -0.05) is 73.7 Å². The summed E-state index contributed by atoms with van der Waals surface area (Å²) < 4.78 is 5.55. The van der Waals surface area contributed by atoms with Gasteiger partial charge in [-0.15, -0.1) is 10.2 Å². The van der Waals surface area contributed by atoms with E-state index in [1.165, 1.54) is 28.0 Å². The first kappa shape index (κ1) is 20.0. The molecule has 8 heteroatoms. The summed E-state index contributed by atoms with van der Waals surface area (Å²) in [5.41, 5.74) is 6.14. The van der Waals surface area contributed by atoms with Crippen LogP contribution in [0.15, 0.2) is 54.0 Å². The highest BCUT2D eigenvalue weighted by Crippen LogP contribution is 2.44. The maximum Gasteiger partial charge on any atom is 0.407 e. The van der Waals surface area contributed by atoms with Crippen molar-refractivity contribution >= 4 is 28.5 Å². The molecule has 2 aromatic carbocycles. The molecular weight excluding hydrogens is 400 g/mol. The third-order valence-electron chi connectivity index (χ3n) is 5.16. The van der Waals surface area contributed by atoms with Crippen LogP contribution in [0.4, 0.5) is 9.93 Å². The van der Waals surface area contributed by atoms with Crippen molar-refractivity contribution in [1.29, 1.82) is 0 Å². The van der Waals surface area contributed by atoms with Crippen molar-refractivity contribution in [3.8, 4) is 11.1 Å². The minimum Gasteiger partial charge on any atom is -0.449 e. The molecule has 1 heterocycles. The van der Waals surface area contributed by atoms with Gasteiger partial charge in [0, 0.05) is 5.92 Å². The highest BCUT2D eigenvalue weighted by Gasteiger charge is 2.30. The van der Waals surface area contributed by atoms with Gasteiger partial charge in [-0.3, -0.25) is 10.1 Å². The predicted octanol–water partition coefficient (Wildman–Crippen LogP) is 4.04. The van der Waals surface area contributed by atoms with Crippen molar-refractivity contribution in [3.63, 3.8) is 0 Å². The third-order valence-corrected chi connectivity index (χ3v) is 5.76. The van der Waals surface area contributed by atoms with Crippen molar-refractivity contribution in [2.45, 2.75) is 25.8 Å². The number of hydrogen-bond donors (Lipinski definition) is 2. The van der Waals surface area contributed by atoms with E-state index < -0.39 is 12.1 Å². The number of nitrogens with one attached hydrogen (secondary N) is 2. The lowest BCUT2D eigenvalue weighted by atomic mass is 9.98. The van der Waals surface area contributed by atoms with Crippen LogP contribution in [0.2, 0.25) is 0 Å². The van der Waals surface area contributed by atoms with Crippen molar-refractivity contribution in [1.82, 2.24) is 15.5 Å². The van der Waals surface area contributed by atoms with E-state index in [1.54, 1.807) is 0 Å². The zero-order chi connectivity index (χ0) is 21.1. The van der Waals surface area contributed by atoms with Crippen molar-refractivity contribution in [2.24, 2.45) is 5.92 Å². The fourth-order valence-electron chi connectivity index (χ4n) is 3.71. The van der Waals surface area contributed by atoms with Crippen LogP contribution in [0.25, 0.3) is 11.1 Å². The lowest BCUT2D eigenvalue weighted by Crippen LogP contribution is -2.47. The Morgan fingerprint density at radius 1 is 1.07 bits per heavy atom. The molecule has 1 aromatic heterocycles. The van der Waals surface area contributed by atoms with E-state index in [-0.39, 0.29) is 24.3 Å². The first-order chi connectivity index (χ1) is 14.5. The van der Waals surface area contributed by atoms with Crippen LogP contribution < -0.4 is 10.6 Å². The van der Waals surface area contributed by atoms with Crippen LogP contribution in [-0.2, 0) is 9.53 Å². The standard InChI is InChI=1S/C22H22N4O3S/c1-13(2)19(20(27)25-21-26-23-12-30-21)24-22(28)29-11-18-16-9-5-3-7-14(16)15-8-4-6-10-17(15)18/h3-10,12-13,18-19H,11H2,1-2H3,(H,24,28)(H,25,26,27)/t19-/m0/s1. The van der Waals surface area contributed by atoms with E-state index in [4.69, 9.17) is 4.74 Å². The number of fused-ring (bicyclic) bond motifs is 3. The summed E-state index contributed by atoms with van der Waals surface area (Å²) in [4.78, 5) is 25.0. The number of nitrogens with zero attached hydrogens (tertiary/aromatic N) is 2. The average Bonchev–Trinajstić information content (AvgIpc) is 3.36. The number of alkyl carbamates (subject to hydrolysis) is 1. The summed E-state index contributed by atoms with van der Waals surface area (Å²) in [6, 6.07) is 15.5. The van der Waals surface area contributed by atoms with Gasteiger partial charge in [-0.2, -0.15) is 0 Å². The Morgan fingerprint density at radius 3 is 2.27 bits per heavy atom. The quantitative estimate of drug-likeness (QED) is 0.625. The fraction of sp³-hybridized carbons (Fsp3) is 0.273. The molecule has 0 unspecified atom stereocenters. The number of carbonyl (C=O) groups is 2. The van der Waals surface area contributed by atoms with Gasteiger partial charge in [-0.25, -0.2) is 4.79 Å². The number of ether oxygens (including phenoxy) is 1. The summed E-state index contributed by atoms with van der Waals surface area (Å²) in [6.45, 7) is 3.91. The molecular formula is C22H22N4O3S. The number of rotatable bonds is 6. The fourth-order valence-corrected chi connectivity index (χ4v) is 4.16. The molecule has 0 saturated heterocycles. The topological polar surface area (TPSA) is 93.2 Å². The molecule has 1 aliphatic carbocycles. The molecule has 2 N–H and O–H groups in total. The van der Waals surface area contributed by atoms with Crippen LogP contribution in [0.5, 0.6) is 0 Å². The summed E-state index contributed by atoms with van der Waals surface area (Å²) in [5.74, 6) is -0.510. The van der Waals surface area contributed by atoms with Gasteiger partial charge < -0.3 is 10.1 Å². The Morgan fingerprint density at radius 2 is 1.70 bits per heavy atom.